The summed E-state index contributed by atoms with van der Waals surface area (Å²) in [4.78, 5) is 7.95. The molecule has 0 spiro atoms. The summed E-state index contributed by atoms with van der Waals surface area (Å²) < 4.78 is 66.0. The minimum absolute atomic E-state index is 0.0126. The van der Waals surface area contributed by atoms with E-state index in [-0.39, 0.29) is 29.9 Å². The van der Waals surface area contributed by atoms with Gasteiger partial charge >= 0.3 is 6.18 Å². The van der Waals surface area contributed by atoms with Crippen molar-refractivity contribution < 1.29 is 21.6 Å². The summed E-state index contributed by atoms with van der Waals surface area (Å²) in [5.74, 6) is -0.170. The maximum Gasteiger partial charge on any atom is 0.421 e. The minimum atomic E-state index is -4.55. The Balaban J connectivity index is 1.43. The van der Waals surface area contributed by atoms with Gasteiger partial charge in [0.05, 0.1) is 18.3 Å². The van der Waals surface area contributed by atoms with Crippen molar-refractivity contribution in [3.05, 3.63) is 41.1 Å². The Hall–Kier alpha value is -2.40. The molecular weight excluding hydrogens is 431 g/mol. The van der Waals surface area contributed by atoms with E-state index in [2.05, 4.69) is 20.6 Å². The maximum atomic E-state index is 13.4. The molecular formula is C20H22F3N5O2S. The van der Waals surface area contributed by atoms with Gasteiger partial charge in [-0.2, -0.15) is 22.5 Å². The fourth-order valence-electron chi connectivity index (χ4n) is 4.71. The van der Waals surface area contributed by atoms with E-state index < -0.39 is 21.8 Å². The molecule has 5 rings (SSSR count). The van der Waals surface area contributed by atoms with Gasteiger partial charge in [-0.1, -0.05) is 6.07 Å². The number of nitrogens with one attached hydrogen (secondary N) is 2. The van der Waals surface area contributed by atoms with Gasteiger partial charge in [0, 0.05) is 17.9 Å². The lowest BCUT2D eigenvalue weighted by Gasteiger charge is -2.28. The quantitative estimate of drug-likeness (QED) is 0.700. The fourth-order valence-corrected chi connectivity index (χ4v) is 6.08. The molecule has 0 unspecified atom stereocenters. The summed E-state index contributed by atoms with van der Waals surface area (Å²) >= 11 is 0. The zero-order valence-corrected chi connectivity index (χ0v) is 17.6. The van der Waals surface area contributed by atoms with Crippen molar-refractivity contribution in [3.63, 3.8) is 0 Å². The molecule has 2 atom stereocenters. The zero-order chi connectivity index (χ0) is 22.0. The third-order valence-electron chi connectivity index (χ3n) is 6.31. The van der Waals surface area contributed by atoms with E-state index in [1.54, 1.807) is 10.4 Å². The second-order valence-corrected chi connectivity index (χ2v) is 10.3. The Morgan fingerprint density at radius 2 is 1.81 bits per heavy atom. The van der Waals surface area contributed by atoms with Crippen LogP contribution in [0.5, 0.6) is 0 Å². The number of aromatic nitrogens is 2. The largest absolute Gasteiger partial charge is 0.421 e. The predicted octanol–water partition coefficient (Wildman–Crippen LogP) is 4.35. The molecule has 1 saturated carbocycles. The predicted molar refractivity (Wildman–Crippen MR) is 109 cm³/mol. The molecule has 3 heterocycles. The number of halogens is 3. The van der Waals surface area contributed by atoms with Gasteiger partial charge in [0.2, 0.25) is 16.0 Å². The van der Waals surface area contributed by atoms with Crippen LogP contribution in [-0.4, -0.2) is 35.0 Å². The molecule has 11 heteroatoms. The van der Waals surface area contributed by atoms with Crippen LogP contribution < -0.4 is 10.6 Å². The van der Waals surface area contributed by atoms with Gasteiger partial charge in [-0.05, 0) is 55.4 Å². The molecule has 3 aliphatic rings. The number of anilines is 3. The lowest BCUT2D eigenvalue weighted by molar-refractivity contribution is -0.137. The van der Waals surface area contributed by atoms with Crippen molar-refractivity contribution in [2.24, 2.45) is 0 Å². The lowest BCUT2D eigenvalue weighted by Crippen LogP contribution is -2.29. The van der Waals surface area contributed by atoms with Crippen molar-refractivity contribution in [2.75, 3.05) is 16.9 Å². The highest BCUT2D eigenvalue weighted by molar-refractivity contribution is 7.88. The number of benzene rings is 1. The number of sulfonamides is 1. The highest BCUT2D eigenvalue weighted by Gasteiger charge is 2.48. The number of alkyl halides is 3. The molecule has 166 valence electrons. The number of hydrogen-bond donors (Lipinski definition) is 2. The van der Waals surface area contributed by atoms with Crippen LogP contribution in [0.25, 0.3) is 0 Å². The third kappa shape index (κ3) is 3.63. The number of rotatable bonds is 5. The van der Waals surface area contributed by atoms with E-state index in [9.17, 15) is 21.6 Å². The highest BCUT2D eigenvalue weighted by Crippen LogP contribution is 2.54. The molecule has 31 heavy (non-hydrogen) atoms. The van der Waals surface area contributed by atoms with Crippen molar-refractivity contribution >= 4 is 27.5 Å². The van der Waals surface area contributed by atoms with E-state index in [0.29, 0.717) is 5.69 Å². The molecule has 1 aromatic carbocycles. The summed E-state index contributed by atoms with van der Waals surface area (Å²) in [5, 5.41) is 5.86. The molecule has 7 nitrogen and oxygen atoms in total. The van der Waals surface area contributed by atoms with Crippen LogP contribution in [0.3, 0.4) is 0 Å². The van der Waals surface area contributed by atoms with E-state index in [0.717, 1.165) is 49.4 Å². The number of hydrogen-bond acceptors (Lipinski definition) is 6. The summed E-state index contributed by atoms with van der Waals surface area (Å²) in [6.07, 6.45) is 1.61. The first-order valence-electron chi connectivity index (χ1n) is 10.2. The van der Waals surface area contributed by atoms with E-state index in [1.807, 2.05) is 12.1 Å². The van der Waals surface area contributed by atoms with E-state index in [1.165, 1.54) is 6.26 Å². The Kier molecular flexibility index (Phi) is 4.67. The molecule has 0 radical (unpaired) electrons. The maximum absolute atomic E-state index is 13.4. The molecule has 2 aromatic rings. The van der Waals surface area contributed by atoms with Crippen molar-refractivity contribution in [3.8, 4) is 0 Å². The first kappa shape index (κ1) is 20.5. The molecule has 1 aromatic heterocycles. The molecule has 1 aliphatic carbocycles. The van der Waals surface area contributed by atoms with Crippen LogP contribution >= 0.6 is 0 Å². The van der Waals surface area contributed by atoms with Gasteiger partial charge in [0.1, 0.15) is 11.4 Å². The third-order valence-corrected chi connectivity index (χ3v) is 7.59. The second kappa shape index (κ2) is 7.06. The topological polar surface area (TPSA) is 87.2 Å². The first-order valence-corrected chi connectivity index (χ1v) is 12.1. The number of fused-ring (bicyclic) bond motifs is 5. The van der Waals surface area contributed by atoms with Crippen molar-refractivity contribution in [1.82, 2.24) is 14.3 Å². The normalized spacial score (nSPS) is 23.5. The number of nitrogens with zero attached hydrogens (tertiary/aromatic N) is 3. The monoisotopic (exact) mass is 453 g/mol. The standard InChI is InChI=1S/C20H22F3N5O2S/c1-31(29,30)28-16-7-8-17(28)14-9-12(5-6-13(14)16)26-19-24-10-15(20(21,22)23)18(27-19)25-11-3-2-4-11/h5-6,9-11,16-17H,2-4,7-8H2,1H3,(H2,24,25,26,27)/t16-,17+/m1/s1. The molecule has 2 aliphatic heterocycles. The molecule has 2 fully saturated rings. The van der Waals surface area contributed by atoms with E-state index >= 15 is 0 Å². The van der Waals surface area contributed by atoms with Crippen molar-refractivity contribution in [2.45, 2.75) is 56.4 Å². The average molecular weight is 453 g/mol. The molecule has 1 saturated heterocycles. The zero-order valence-electron chi connectivity index (χ0n) is 16.8. The summed E-state index contributed by atoms with van der Waals surface area (Å²) in [6.45, 7) is 0. The van der Waals surface area contributed by atoms with Crippen molar-refractivity contribution in [1.29, 1.82) is 0 Å². The Bertz CT molecular complexity index is 1130. The van der Waals surface area contributed by atoms with Crippen LogP contribution in [0, 0.1) is 0 Å². The van der Waals surface area contributed by atoms with Gasteiger partial charge in [0.15, 0.2) is 0 Å². The smallest absolute Gasteiger partial charge is 0.367 e. The van der Waals surface area contributed by atoms with Crippen LogP contribution in [-0.2, 0) is 16.2 Å². The van der Waals surface area contributed by atoms with Crippen LogP contribution in [0.1, 0.15) is 60.9 Å². The van der Waals surface area contributed by atoms with Gasteiger partial charge in [-0.3, -0.25) is 0 Å². The molecule has 0 amide bonds. The van der Waals surface area contributed by atoms with Gasteiger partial charge in [-0.25, -0.2) is 13.4 Å². The Labute approximate surface area is 178 Å². The Morgan fingerprint density at radius 1 is 1.10 bits per heavy atom. The second-order valence-electron chi connectivity index (χ2n) is 8.40. The average Bonchev–Trinajstić information content (AvgIpc) is 3.21. The highest BCUT2D eigenvalue weighted by atomic mass is 32.2. The SMILES string of the molecule is CS(=O)(=O)N1[C@@H]2CC[C@H]1c1cc(Nc3ncc(C(F)(F)F)c(NC4CCC4)n3)ccc12. The lowest BCUT2D eigenvalue weighted by atomic mass is 9.91. The molecule has 2 bridgehead atoms. The first-order chi connectivity index (χ1) is 14.6. The van der Waals surface area contributed by atoms with E-state index in [4.69, 9.17) is 0 Å². The molecule has 2 N–H and O–H groups in total. The summed E-state index contributed by atoms with van der Waals surface area (Å²) in [7, 11) is -3.34. The van der Waals surface area contributed by atoms with Crippen LogP contribution in [0.15, 0.2) is 24.4 Å². The fraction of sp³-hybridized carbons (Fsp3) is 0.500. The minimum Gasteiger partial charge on any atom is -0.367 e. The van der Waals surface area contributed by atoms with Gasteiger partial charge in [-0.15, -0.1) is 0 Å². The van der Waals surface area contributed by atoms with Crippen LogP contribution in [0.4, 0.5) is 30.6 Å². The van der Waals surface area contributed by atoms with Gasteiger partial charge in [0.25, 0.3) is 0 Å². The Morgan fingerprint density at radius 3 is 2.42 bits per heavy atom. The summed E-state index contributed by atoms with van der Waals surface area (Å²) in [6, 6.07) is 5.13. The van der Waals surface area contributed by atoms with Gasteiger partial charge < -0.3 is 10.6 Å². The van der Waals surface area contributed by atoms with Crippen LogP contribution in [0.2, 0.25) is 0 Å². The summed E-state index contributed by atoms with van der Waals surface area (Å²) in [5.41, 5.74) is 1.62.